The maximum atomic E-state index is 11.5. The second-order valence-electron chi connectivity index (χ2n) is 4.71. The van der Waals surface area contributed by atoms with Crippen LogP contribution in [-0.4, -0.2) is 40.9 Å². The molecule has 1 fully saturated rings. The van der Waals surface area contributed by atoms with E-state index in [1.165, 1.54) is 0 Å². The molecule has 6 heteroatoms. The van der Waals surface area contributed by atoms with Crippen molar-refractivity contribution in [2.45, 2.75) is 45.4 Å². The smallest absolute Gasteiger partial charge is 0.408 e. The zero-order valence-corrected chi connectivity index (χ0v) is 11.1. The maximum absolute atomic E-state index is 11.5. The number of hydroxylamine groups is 2. The highest BCUT2D eigenvalue weighted by Gasteiger charge is 2.43. The van der Waals surface area contributed by atoms with E-state index >= 15 is 0 Å². The minimum Gasteiger partial charge on any atom is -0.444 e. The molecule has 0 saturated carbocycles. The lowest BCUT2D eigenvalue weighted by Crippen LogP contribution is -2.68. The van der Waals surface area contributed by atoms with Crippen molar-refractivity contribution in [1.82, 2.24) is 10.4 Å². The Balaban J connectivity index is 2.45. The summed E-state index contributed by atoms with van der Waals surface area (Å²) in [5.74, 6) is 0. The Labute approximate surface area is 101 Å². The average molecular weight is 246 g/mol. The third kappa shape index (κ3) is 2.82. The lowest BCUT2D eigenvalue weighted by Gasteiger charge is -2.45. The summed E-state index contributed by atoms with van der Waals surface area (Å²) >= 11 is 5.09. The van der Waals surface area contributed by atoms with Crippen LogP contribution in [0.3, 0.4) is 0 Å². The summed E-state index contributed by atoms with van der Waals surface area (Å²) in [6.45, 7) is 7.37. The summed E-state index contributed by atoms with van der Waals surface area (Å²) in [6.07, 6.45) is -0.456. The molecule has 1 aliphatic heterocycles. The van der Waals surface area contributed by atoms with E-state index in [0.717, 1.165) is 0 Å². The van der Waals surface area contributed by atoms with Crippen LogP contribution in [-0.2, 0) is 9.57 Å². The van der Waals surface area contributed by atoms with Gasteiger partial charge >= 0.3 is 6.09 Å². The third-order valence-electron chi connectivity index (χ3n) is 2.20. The highest BCUT2D eigenvalue weighted by Crippen LogP contribution is 2.21. The molecule has 92 valence electrons. The van der Waals surface area contributed by atoms with Gasteiger partial charge in [0.15, 0.2) is 0 Å². The van der Waals surface area contributed by atoms with Gasteiger partial charge in [-0.25, -0.2) is 9.86 Å². The van der Waals surface area contributed by atoms with Crippen molar-refractivity contribution in [2.75, 3.05) is 7.11 Å². The fourth-order valence-corrected chi connectivity index (χ4v) is 1.97. The molecule has 1 heterocycles. The Morgan fingerprint density at radius 3 is 2.44 bits per heavy atom. The lowest BCUT2D eigenvalue weighted by atomic mass is 10.0. The summed E-state index contributed by atoms with van der Waals surface area (Å²) in [6, 6.07) is -0.158. The van der Waals surface area contributed by atoms with Crippen LogP contribution in [0, 0.1) is 0 Å². The van der Waals surface area contributed by atoms with Gasteiger partial charge < -0.3 is 10.1 Å². The van der Waals surface area contributed by atoms with E-state index in [-0.39, 0.29) is 12.1 Å². The Kier molecular flexibility index (Phi) is 3.75. The Bertz CT molecular complexity index is 301. The van der Waals surface area contributed by atoms with Crippen molar-refractivity contribution in [3.05, 3.63) is 0 Å². The van der Waals surface area contributed by atoms with Crippen molar-refractivity contribution in [3.8, 4) is 0 Å². The Hall–Kier alpha value is -0.880. The highest BCUT2D eigenvalue weighted by atomic mass is 32.1. The predicted molar refractivity (Wildman–Crippen MR) is 64.1 cm³/mol. The fraction of sp³-hybridized carbons (Fsp3) is 0.800. The van der Waals surface area contributed by atoms with Crippen LogP contribution in [0.25, 0.3) is 0 Å². The van der Waals surface area contributed by atoms with Crippen LogP contribution in [0.1, 0.15) is 27.7 Å². The lowest BCUT2D eigenvalue weighted by molar-refractivity contribution is -0.126. The van der Waals surface area contributed by atoms with Crippen LogP contribution >= 0.6 is 12.2 Å². The molecule has 0 aromatic carbocycles. The number of ether oxygens (including phenoxy) is 1. The Morgan fingerprint density at radius 1 is 1.50 bits per heavy atom. The first-order chi connectivity index (χ1) is 7.26. The molecule has 1 rings (SSSR count). The van der Waals surface area contributed by atoms with Gasteiger partial charge in [-0.2, -0.15) is 0 Å². The van der Waals surface area contributed by atoms with Gasteiger partial charge in [0, 0.05) is 0 Å². The van der Waals surface area contributed by atoms with Crippen LogP contribution < -0.4 is 5.32 Å². The number of nitrogens with zero attached hydrogens (tertiary/aromatic N) is 1. The summed E-state index contributed by atoms with van der Waals surface area (Å²) in [7, 11) is 1.55. The number of nitrogens with one attached hydrogen (secondary N) is 1. The molecule has 0 aliphatic carbocycles. The molecule has 0 bridgehead atoms. The second-order valence-corrected chi connectivity index (χ2v) is 5.13. The molecule has 1 amide bonds. The summed E-state index contributed by atoms with van der Waals surface area (Å²) in [5.41, 5.74) is -0.500. The molecule has 1 saturated heterocycles. The molecule has 0 aromatic rings. The third-order valence-corrected chi connectivity index (χ3v) is 2.64. The number of rotatable bonds is 2. The number of hydrogen-bond acceptors (Lipinski definition) is 4. The van der Waals surface area contributed by atoms with Gasteiger partial charge in [-0.05, 0) is 27.7 Å². The van der Waals surface area contributed by atoms with Crippen LogP contribution in [0.4, 0.5) is 4.79 Å². The van der Waals surface area contributed by atoms with Crippen molar-refractivity contribution in [3.63, 3.8) is 0 Å². The largest absolute Gasteiger partial charge is 0.444 e. The number of amides is 1. The van der Waals surface area contributed by atoms with Gasteiger partial charge in [0.2, 0.25) is 0 Å². The SMILES string of the molecule is CON1C(=S)[C@@H](NC(=O)OC(C)(C)C)[C@@H]1C. The van der Waals surface area contributed by atoms with E-state index in [4.69, 9.17) is 21.8 Å². The zero-order chi connectivity index (χ0) is 12.5. The first kappa shape index (κ1) is 13.2. The number of alkyl carbamates (subject to hydrolysis) is 1. The normalized spacial score (nSPS) is 25.1. The van der Waals surface area contributed by atoms with E-state index in [9.17, 15) is 4.79 Å². The predicted octanol–water partition coefficient (Wildman–Crippen LogP) is 1.47. The summed E-state index contributed by atoms with van der Waals surface area (Å²) in [5, 5.41) is 4.29. The van der Waals surface area contributed by atoms with Crippen molar-refractivity contribution in [1.29, 1.82) is 0 Å². The molecule has 2 atom stereocenters. The van der Waals surface area contributed by atoms with E-state index in [1.54, 1.807) is 12.2 Å². The molecular formula is C10H18N2O3S. The number of carbonyl (C=O) groups excluding carboxylic acids is 1. The number of hydrogen-bond donors (Lipinski definition) is 1. The van der Waals surface area contributed by atoms with Crippen LogP contribution in [0.5, 0.6) is 0 Å². The average Bonchev–Trinajstić information content (AvgIpc) is 2.12. The zero-order valence-electron chi connectivity index (χ0n) is 10.2. The molecule has 5 nitrogen and oxygen atoms in total. The van der Waals surface area contributed by atoms with Gasteiger partial charge in [-0.1, -0.05) is 12.2 Å². The van der Waals surface area contributed by atoms with E-state index in [2.05, 4.69) is 5.32 Å². The highest BCUT2D eigenvalue weighted by molar-refractivity contribution is 7.80. The molecular weight excluding hydrogens is 228 g/mol. The van der Waals surface area contributed by atoms with Crippen molar-refractivity contribution in [2.24, 2.45) is 0 Å². The van der Waals surface area contributed by atoms with Gasteiger partial charge in [0.1, 0.15) is 16.6 Å². The van der Waals surface area contributed by atoms with E-state index < -0.39 is 11.7 Å². The minimum atomic E-state index is -0.500. The van der Waals surface area contributed by atoms with E-state index in [1.807, 2.05) is 27.7 Å². The topological polar surface area (TPSA) is 50.8 Å². The number of thiocarbonyl (C=S) groups is 1. The molecule has 1 N–H and O–H groups in total. The number of carbonyl (C=O) groups is 1. The van der Waals surface area contributed by atoms with Gasteiger partial charge in [-0.15, -0.1) is 0 Å². The van der Waals surface area contributed by atoms with Gasteiger partial charge in [0.05, 0.1) is 13.2 Å². The van der Waals surface area contributed by atoms with Gasteiger partial charge in [0.25, 0.3) is 0 Å². The molecule has 0 radical (unpaired) electrons. The standard InChI is InChI=1S/C10H18N2O3S/c1-6-7(8(16)12(6)14-5)11-9(13)15-10(2,3)4/h6-7H,1-5H3,(H,11,13)/t6-,7-/m0/s1. The fourth-order valence-electron chi connectivity index (χ4n) is 1.47. The second kappa shape index (κ2) is 4.55. The maximum Gasteiger partial charge on any atom is 0.408 e. The molecule has 0 unspecified atom stereocenters. The van der Waals surface area contributed by atoms with Crippen molar-refractivity contribution >= 4 is 23.3 Å². The molecule has 0 spiro atoms. The first-order valence-corrected chi connectivity index (χ1v) is 5.54. The summed E-state index contributed by atoms with van der Waals surface area (Å²) < 4.78 is 5.14. The monoisotopic (exact) mass is 246 g/mol. The minimum absolute atomic E-state index is 0.0324. The first-order valence-electron chi connectivity index (χ1n) is 5.13. The van der Waals surface area contributed by atoms with Crippen molar-refractivity contribution < 1.29 is 14.4 Å². The van der Waals surface area contributed by atoms with E-state index in [0.29, 0.717) is 4.99 Å². The Morgan fingerprint density at radius 2 is 2.06 bits per heavy atom. The molecule has 1 aliphatic rings. The van der Waals surface area contributed by atoms with Gasteiger partial charge in [-0.3, -0.25) is 4.84 Å². The molecule has 16 heavy (non-hydrogen) atoms. The summed E-state index contributed by atoms with van der Waals surface area (Å²) in [4.78, 5) is 17.1. The quantitative estimate of drug-likeness (QED) is 0.748. The van der Waals surface area contributed by atoms with Crippen LogP contribution in [0.2, 0.25) is 0 Å². The molecule has 0 aromatic heterocycles. The van der Waals surface area contributed by atoms with Crippen LogP contribution in [0.15, 0.2) is 0 Å².